The summed E-state index contributed by atoms with van der Waals surface area (Å²) in [5, 5.41) is 14.5. The Morgan fingerprint density at radius 3 is 2.60 bits per heavy atom. The van der Waals surface area contributed by atoms with E-state index < -0.39 is 0 Å². The van der Waals surface area contributed by atoms with E-state index in [0.717, 1.165) is 35.9 Å². The Balaban J connectivity index is 1.86. The second kappa shape index (κ2) is 7.48. The number of rotatable bonds is 7. The SMILES string of the molecule is CCCNCCCc1nnc(C2C(C)OC(C)C2C)s1. The minimum absolute atomic E-state index is 0.257. The molecule has 1 fully saturated rings. The van der Waals surface area contributed by atoms with Crippen LogP contribution in [0.1, 0.15) is 56.5 Å². The Morgan fingerprint density at radius 1 is 1.15 bits per heavy atom. The van der Waals surface area contributed by atoms with E-state index in [1.165, 1.54) is 6.42 Å². The second-order valence-corrected chi connectivity index (χ2v) is 6.91. The highest BCUT2D eigenvalue weighted by molar-refractivity contribution is 7.11. The van der Waals surface area contributed by atoms with Gasteiger partial charge in [0.25, 0.3) is 0 Å². The van der Waals surface area contributed by atoms with Gasteiger partial charge in [-0.2, -0.15) is 0 Å². The van der Waals surface area contributed by atoms with Crippen LogP contribution in [0.4, 0.5) is 0 Å². The summed E-state index contributed by atoms with van der Waals surface area (Å²) in [4.78, 5) is 0. The first-order chi connectivity index (χ1) is 9.63. The third kappa shape index (κ3) is 3.77. The molecule has 1 aromatic rings. The Labute approximate surface area is 126 Å². The minimum Gasteiger partial charge on any atom is -0.375 e. The number of hydrogen-bond donors (Lipinski definition) is 1. The van der Waals surface area contributed by atoms with Gasteiger partial charge >= 0.3 is 0 Å². The predicted octanol–water partition coefficient (Wildman–Crippen LogP) is 3.00. The third-order valence-electron chi connectivity index (χ3n) is 4.18. The summed E-state index contributed by atoms with van der Waals surface area (Å²) in [7, 11) is 0. The van der Waals surface area contributed by atoms with E-state index in [2.05, 4.69) is 43.2 Å². The maximum Gasteiger partial charge on any atom is 0.123 e. The van der Waals surface area contributed by atoms with E-state index in [0.29, 0.717) is 17.9 Å². The van der Waals surface area contributed by atoms with Crippen molar-refractivity contribution >= 4 is 11.3 Å². The predicted molar refractivity (Wildman–Crippen MR) is 83.3 cm³/mol. The van der Waals surface area contributed by atoms with Crippen LogP contribution in [0, 0.1) is 5.92 Å². The number of nitrogens with zero attached hydrogens (tertiary/aromatic N) is 2. The Hall–Kier alpha value is -0.520. The molecule has 0 saturated carbocycles. The Bertz CT molecular complexity index is 410. The van der Waals surface area contributed by atoms with Crippen LogP contribution >= 0.6 is 11.3 Å². The zero-order valence-corrected chi connectivity index (χ0v) is 13.9. The average molecular weight is 297 g/mol. The van der Waals surface area contributed by atoms with Gasteiger partial charge in [0.2, 0.25) is 0 Å². The molecule has 0 aromatic carbocycles. The quantitative estimate of drug-likeness (QED) is 0.786. The summed E-state index contributed by atoms with van der Waals surface area (Å²) in [6.45, 7) is 10.9. The van der Waals surface area contributed by atoms with Crippen LogP contribution in [0.3, 0.4) is 0 Å². The lowest BCUT2D eigenvalue weighted by Gasteiger charge is -2.14. The van der Waals surface area contributed by atoms with E-state index in [1.54, 1.807) is 11.3 Å². The molecule has 1 aliphatic heterocycles. The molecule has 0 spiro atoms. The van der Waals surface area contributed by atoms with Crippen molar-refractivity contribution in [3.8, 4) is 0 Å². The molecular formula is C15H27N3OS. The van der Waals surface area contributed by atoms with Crippen LogP contribution in [0.2, 0.25) is 0 Å². The van der Waals surface area contributed by atoms with Gasteiger partial charge in [-0.25, -0.2) is 0 Å². The van der Waals surface area contributed by atoms with Crippen LogP contribution in [0.5, 0.6) is 0 Å². The van der Waals surface area contributed by atoms with Gasteiger partial charge in [-0.3, -0.25) is 0 Å². The largest absolute Gasteiger partial charge is 0.375 e. The monoisotopic (exact) mass is 297 g/mol. The molecule has 1 saturated heterocycles. The lowest BCUT2D eigenvalue weighted by molar-refractivity contribution is 0.0556. The summed E-state index contributed by atoms with van der Waals surface area (Å²) in [6, 6.07) is 0. The van der Waals surface area contributed by atoms with Crippen LogP contribution in [-0.4, -0.2) is 35.5 Å². The molecule has 4 nitrogen and oxygen atoms in total. The van der Waals surface area contributed by atoms with Crippen molar-refractivity contribution in [2.24, 2.45) is 5.92 Å². The summed E-state index contributed by atoms with van der Waals surface area (Å²) < 4.78 is 5.90. The van der Waals surface area contributed by atoms with Crippen molar-refractivity contribution in [1.29, 1.82) is 0 Å². The molecular weight excluding hydrogens is 270 g/mol. The molecule has 114 valence electrons. The zero-order chi connectivity index (χ0) is 14.5. The highest BCUT2D eigenvalue weighted by atomic mass is 32.1. The lowest BCUT2D eigenvalue weighted by Crippen LogP contribution is -2.16. The van der Waals surface area contributed by atoms with Crippen LogP contribution < -0.4 is 5.32 Å². The summed E-state index contributed by atoms with van der Waals surface area (Å²) >= 11 is 1.77. The highest BCUT2D eigenvalue weighted by Gasteiger charge is 2.39. The summed E-state index contributed by atoms with van der Waals surface area (Å²) in [5.74, 6) is 0.937. The fraction of sp³-hybridized carbons (Fsp3) is 0.867. The van der Waals surface area contributed by atoms with Crippen LogP contribution in [0.15, 0.2) is 0 Å². The molecule has 0 bridgehead atoms. The first-order valence-corrected chi connectivity index (χ1v) is 8.63. The molecule has 0 amide bonds. The molecule has 2 rings (SSSR count). The fourth-order valence-electron chi connectivity index (χ4n) is 2.86. The van der Waals surface area contributed by atoms with Crippen LogP contribution in [-0.2, 0) is 11.2 Å². The van der Waals surface area contributed by atoms with Crippen molar-refractivity contribution in [3.63, 3.8) is 0 Å². The molecule has 5 heteroatoms. The van der Waals surface area contributed by atoms with E-state index in [9.17, 15) is 0 Å². The number of ether oxygens (including phenoxy) is 1. The van der Waals surface area contributed by atoms with Gasteiger partial charge in [0.1, 0.15) is 10.0 Å². The molecule has 1 N–H and O–H groups in total. The summed E-state index contributed by atoms with van der Waals surface area (Å²) in [5.41, 5.74) is 0. The fourth-order valence-corrected chi connectivity index (χ4v) is 4.05. The van der Waals surface area contributed by atoms with Crippen molar-refractivity contribution in [2.45, 2.75) is 65.1 Å². The Kier molecular flexibility index (Phi) is 5.93. The topological polar surface area (TPSA) is 47.0 Å². The van der Waals surface area contributed by atoms with Crippen LogP contribution in [0.25, 0.3) is 0 Å². The van der Waals surface area contributed by atoms with E-state index in [-0.39, 0.29) is 6.10 Å². The smallest absolute Gasteiger partial charge is 0.123 e. The highest BCUT2D eigenvalue weighted by Crippen LogP contribution is 2.40. The maximum atomic E-state index is 5.90. The minimum atomic E-state index is 0.257. The summed E-state index contributed by atoms with van der Waals surface area (Å²) in [6.07, 6.45) is 3.93. The normalized spacial score (nSPS) is 30.0. The van der Waals surface area contributed by atoms with E-state index in [4.69, 9.17) is 4.74 Å². The number of hydrogen-bond acceptors (Lipinski definition) is 5. The molecule has 4 unspecified atom stereocenters. The van der Waals surface area contributed by atoms with Crippen molar-refractivity contribution < 1.29 is 4.74 Å². The van der Waals surface area contributed by atoms with Gasteiger partial charge in [0, 0.05) is 12.3 Å². The van der Waals surface area contributed by atoms with Gasteiger partial charge in [-0.15, -0.1) is 21.5 Å². The number of nitrogens with one attached hydrogen (secondary N) is 1. The van der Waals surface area contributed by atoms with Crippen molar-refractivity contribution in [2.75, 3.05) is 13.1 Å². The van der Waals surface area contributed by atoms with E-state index >= 15 is 0 Å². The van der Waals surface area contributed by atoms with Crippen molar-refractivity contribution in [3.05, 3.63) is 10.0 Å². The molecule has 0 aliphatic carbocycles. The molecule has 1 aromatic heterocycles. The third-order valence-corrected chi connectivity index (χ3v) is 5.26. The van der Waals surface area contributed by atoms with Gasteiger partial charge in [0.15, 0.2) is 0 Å². The van der Waals surface area contributed by atoms with Gasteiger partial charge in [-0.1, -0.05) is 13.8 Å². The van der Waals surface area contributed by atoms with Gasteiger partial charge in [0.05, 0.1) is 12.2 Å². The molecule has 0 radical (unpaired) electrons. The van der Waals surface area contributed by atoms with Gasteiger partial charge < -0.3 is 10.1 Å². The van der Waals surface area contributed by atoms with Gasteiger partial charge in [-0.05, 0) is 45.7 Å². The lowest BCUT2D eigenvalue weighted by atomic mass is 9.90. The van der Waals surface area contributed by atoms with E-state index in [1.807, 2.05) is 0 Å². The molecule has 20 heavy (non-hydrogen) atoms. The first kappa shape index (κ1) is 15.9. The number of aromatic nitrogens is 2. The maximum absolute atomic E-state index is 5.90. The average Bonchev–Trinajstić information content (AvgIpc) is 2.95. The second-order valence-electron chi connectivity index (χ2n) is 5.82. The van der Waals surface area contributed by atoms with Crippen molar-refractivity contribution in [1.82, 2.24) is 15.5 Å². The number of aryl methyl sites for hydroxylation is 1. The first-order valence-electron chi connectivity index (χ1n) is 7.82. The standard InChI is InChI=1S/C15H27N3OS/c1-5-8-16-9-6-7-13-17-18-15(20-13)14-10(2)11(3)19-12(14)4/h10-12,14,16H,5-9H2,1-4H3. The molecule has 1 aliphatic rings. The molecule has 4 atom stereocenters. The Morgan fingerprint density at radius 2 is 1.95 bits per heavy atom. The molecule has 2 heterocycles. The zero-order valence-electron chi connectivity index (χ0n) is 13.1.